The van der Waals surface area contributed by atoms with E-state index in [0.29, 0.717) is 36.4 Å². The minimum Gasteiger partial charge on any atom is -0.480 e. The molecule has 0 aromatic heterocycles. The van der Waals surface area contributed by atoms with E-state index in [1.54, 1.807) is 23.1 Å². The van der Waals surface area contributed by atoms with Crippen molar-refractivity contribution in [3.05, 3.63) is 58.4 Å². The molecule has 0 saturated carbocycles. The van der Waals surface area contributed by atoms with Crippen molar-refractivity contribution in [2.24, 2.45) is 5.41 Å². The lowest BCUT2D eigenvalue weighted by Crippen LogP contribution is -2.38. The van der Waals surface area contributed by atoms with Crippen molar-refractivity contribution in [1.29, 1.82) is 0 Å². The maximum absolute atomic E-state index is 13.4. The van der Waals surface area contributed by atoms with E-state index in [0.717, 1.165) is 5.56 Å². The van der Waals surface area contributed by atoms with Gasteiger partial charge in [0.15, 0.2) is 6.10 Å². The number of rotatable bonds is 5. The van der Waals surface area contributed by atoms with Crippen LogP contribution in [0.25, 0.3) is 0 Å². The molecule has 0 unspecified atom stereocenters. The smallest absolute Gasteiger partial charge is 0.264 e. The normalized spacial score (nSPS) is 16.4. The van der Waals surface area contributed by atoms with E-state index in [1.807, 2.05) is 33.8 Å². The molecule has 0 bridgehead atoms. The van der Waals surface area contributed by atoms with E-state index in [-0.39, 0.29) is 28.8 Å². The molecule has 31 heavy (non-hydrogen) atoms. The number of nitrogens with one attached hydrogen (secondary N) is 1. The molecule has 1 aliphatic rings. The molecule has 2 aromatic carbocycles. The van der Waals surface area contributed by atoms with Crippen LogP contribution in [0.2, 0.25) is 5.02 Å². The molecule has 3 rings (SSSR count). The molecule has 2 amide bonds. The molecule has 7 heteroatoms. The Morgan fingerprint density at radius 1 is 1.26 bits per heavy atom. The number of hydrogen-bond acceptors (Lipinski definition) is 3. The number of amides is 2. The first-order valence-corrected chi connectivity index (χ1v) is 10.8. The first-order valence-electron chi connectivity index (χ1n) is 10.4. The Morgan fingerprint density at radius 3 is 2.65 bits per heavy atom. The number of anilines is 1. The second-order valence-corrected chi connectivity index (χ2v) is 9.46. The van der Waals surface area contributed by atoms with Gasteiger partial charge >= 0.3 is 0 Å². The monoisotopic (exact) mass is 446 g/mol. The zero-order valence-corrected chi connectivity index (χ0v) is 19.1. The second-order valence-electron chi connectivity index (χ2n) is 9.05. The van der Waals surface area contributed by atoms with Gasteiger partial charge in [-0.15, -0.1) is 0 Å². The van der Waals surface area contributed by atoms with Gasteiger partial charge in [0.1, 0.15) is 11.6 Å². The Kier molecular flexibility index (Phi) is 6.90. The van der Waals surface area contributed by atoms with E-state index < -0.39 is 11.9 Å². The van der Waals surface area contributed by atoms with Crippen molar-refractivity contribution in [3.8, 4) is 5.75 Å². The standard InChI is InChI=1S/C24H28ClFN2O3/c1-5-20-23(30)28(13-15-6-7-17(26)11-19(15)25)14-16-10-18(8-9-21(16)31-20)27-22(29)12-24(2,3)4/h6-11,20H,5,12-14H2,1-4H3,(H,27,29)/t20-/m1/s1. The van der Waals surface area contributed by atoms with Gasteiger partial charge in [0, 0.05) is 35.8 Å². The fourth-order valence-electron chi connectivity index (χ4n) is 3.52. The number of nitrogens with zero attached hydrogens (tertiary/aromatic N) is 1. The Balaban J connectivity index is 1.86. The predicted octanol–water partition coefficient (Wildman–Crippen LogP) is 5.55. The molecule has 0 aliphatic carbocycles. The Labute approximate surface area is 187 Å². The van der Waals surface area contributed by atoms with Crippen molar-refractivity contribution >= 4 is 29.1 Å². The van der Waals surface area contributed by atoms with Crippen molar-refractivity contribution < 1.29 is 18.7 Å². The van der Waals surface area contributed by atoms with E-state index >= 15 is 0 Å². The SMILES string of the molecule is CC[C@H]1Oc2ccc(NC(=O)CC(C)(C)C)cc2CN(Cc2ccc(F)cc2Cl)C1=O. The maximum Gasteiger partial charge on any atom is 0.264 e. The maximum atomic E-state index is 13.4. The van der Waals surface area contributed by atoms with Crippen LogP contribution in [0.15, 0.2) is 36.4 Å². The summed E-state index contributed by atoms with van der Waals surface area (Å²) >= 11 is 6.19. The molecule has 0 fully saturated rings. The molecular weight excluding hydrogens is 419 g/mol. The zero-order valence-electron chi connectivity index (χ0n) is 18.3. The largest absolute Gasteiger partial charge is 0.480 e. The quantitative estimate of drug-likeness (QED) is 0.654. The van der Waals surface area contributed by atoms with Crippen LogP contribution in [0.3, 0.4) is 0 Å². The summed E-state index contributed by atoms with van der Waals surface area (Å²) in [5, 5.41) is 3.20. The van der Waals surface area contributed by atoms with Crippen LogP contribution in [-0.4, -0.2) is 22.8 Å². The lowest BCUT2D eigenvalue weighted by Gasteiger charge is -2.24. The highest BCUT2D eigenvalue weighted by Crippen LogP contribution is 2.31. The fourth-order valence-corrected chi connectivity index (χ4v) is 3.75. The molecule has 0 saturated heterocycles. The molecular formula is C24H28ClFN2O3. The molecule has 1 atom stereocenters. The molecule has 0 spiro atoms. The van der Waals surface area contributed by atoms with Crippen LogP contribution < -0.4 is 10.1 Å². The summed E-state index contributed by atoms with van der Waals surface area (Å²) in [6.07, 6.45) is 0.282. The van der Waals surface area contributed by atoms with E-state index in [4.69, 9.17) is 16.3 Å². The summed E-state index contributed by atoms with van der Waals surface area (Å²) in [5.41, 5.74) is 1.98. The van der Waals surface area contributed by atoms with Gasteiger partial charge in [0.05, 0.1) is 0 Å². The van der Waals surface area contributed by atoms with Crippen molar-refractivity contribution in [3.63, 3.8) is 0 Å². The van der Waals surface area contributed by atoms with Gasteiger partial charge in [0.2, 0.25) is 5.91 Å². The third kappa shape index (κ3) is 5.97. The zero-order chi connectivity index (χ0) is 22.8. The summed E-state index contributed by atoms with van der Waals surface area (Å²) in [6.45, 7) is 8.43. The van der Waals surface area contributed by atoms with Crippen LogP contribution in [0.4, 0.5) is 10.1 Å². The van der Waals surface area contributed by atoms with Crippen LogP contribution in [0, 0.1) is 11.2 Å². The third-order valence-electron chi connectivity index (χ3n) is 5.00. The number of carbonyl (C=O) groups excluding carboxylic acids is 2. The van der Waals surface area contributed by atoms with E-state index in [2.05, 4.69) is 5.32 Å². The van der Waals surface area contributed by atoms with Gasteiger partial charge < -0.3 is 15.0 Å². The average Bonchev–Trinajstić information content (AvgIpc) is 2.79. The second kappa shape index (κ2) is 9.27. The summed E-state index contributed by atoms with van der Waals surface area (Å²) < 4.78 is 19.4. The minimum atomic E-state index is -0.623. The number of halogens is 2. The van der Waals surface area contributed by atoms with E-state index in [9.17, 15) is 14.0 Å². The van der Waals surface area contributed by atoms with E-state index in [1.165, 1.54) is 12.1 Å². The summed E-state index contributed by atoms with van der Waals surface area (Å²) in [6, 6.07) is 9.55. The van der Waals surface area contributed by atoms with Crippen LogP contribution in [-0.2, 0) is 22.7 Å². The Bertz CT molecular complexity index is 987. The van der Waals surface area contributed by atoms with Gasteiger partial charge in [-0.1, -0.05) is 45.4 Å². The Hall–Kier alpha value is -2.60. The Morgan fingerprint density at radius 2 is 2.00 bits per heavy atom. The first kappa shape index (κ1) is 23.1. The highest BCUT2D eigenvalue weighted by Gasteiger charge is 2.30. The summed E-state index contributed by atoms with van der Waals surface area (Å²) in [7, 11) is 0. The van der Waals surface area contributed by atoms with Gasteiger partial charge in [-0.25, -0.2) is 4.39 Å². The molecule has 1 N–H and O–H groups in total. The molecule has 0 radical (unpaired) electrons. The van der Waals surface area contributed by atoms with Gasteiger partial charge in [0.25, 0.3) is 5.91 Å². The third-order valence-corrected chi connectivity index (χ3v) is 5.35. The summed E-state index contributed by atoms with van der Waals surface area (Å²) in [5.74, 6) is -0.0368. The fraction of sp³-hybridized carbons (Fsp3) is 0.417. The van der Waals surface area contributed by atoms with Crippen molar-refractivity contribution in [1.82, 2.24) is 4.90 Å². The molecule has 166 valence electrons. The van der Waals surface area contributed by atoms with Crippen molar-refractivity contribution in [2.45, 2.75) is 59.7 Å². The van der Waals surface area contributed by atoms with Crippen LogP contribution >= 0.6 is 11.6 Å². The lowest BCUT2D eigenvalue weighted by atomic mass is 9.92. The van der Waals surface area contributed by atoms with Crippen molar-refractivity contribution in [2.75, 3.05) is 5.32 Å². The number of carbonyl (C=O) groups is 2. The number of ether oxygens (including phenoxy) is 1. The van der Waals surface area contributed by atoms with Gasteiger partial charge in [-0.05, 0) is 47.7 Å². The van der Waals surface area contributed by atoms with Gasteiger partial charge in [-0.3, -0.25) is 9.59 Å². The predicted molar refractivity (Wildman–Crippen MR) is 120 cm³/mol. The van der Waals surface area contributed by atoms with Crippen LogP contribution in [0.5, 0.6) is 5.75 Å². The molecule has 5 nitrogen and oxygen atoms in total. The average molecular weight is 447 g/mol. The minimum absolute atomic E-state index is 0.0700. The highest BCUT2D eigenvalue weighted by atomic mass is 35.5. The number of hydrogen-bond donors (Lipinski definition) is 1. The molecule has 1 aliphatic heterocycles. The molecule has 2 aromatic rings. The number of fused-ring (bicyclic) bond motifs is 1. The highest BCUT2D eigenvalue weighted by molar-refractivity contribution is 6.31. The number of benzene rings is 2. The van der Waals surface area contributed by atoms with Gasteiger partial charge in [-0.2, -0.15) is 0 Å². The molecule has 1 heterocycles. The van der Waals surface area contributed by atoms with Crippen LogP contribution in [0.1, 0.15) is 51.7 Å². The topological polar surface area (TPSA) is 58.6 Å². The summed E-state index contributed by atoms with van der Waals surface area (Å²) in [4.78, 5) is 27.0. The first-order chi connectivity index (χ1) is 14.6. The lowest BCUT2D eigenvalue weighted by molar-refractivity contribution is -0.139.